The number of hydrogen-bond donors (Lipinski definition) is 2. The maximum absolute atomic E-state index is 12.4. The second-order valence-electron chi connectivity index (χ2n) is 6.22. The van der Waals surface area contributed by atoms with E-state index in [0.29, 0.717) is 6.04 Å². The van der Waals surface area contributed by atoms with E-state index in [9.17, 15) is 4.79 Å². The predicted octanol–water partition coefficient (Wildman–Crippen LogP) is 2.57. The first-order valence-electron chi connectivity index (χ1n) is 7.49. The third kappa shape index (κ3) is 2.22. The molecule has 1 heterocycles. The van der Waals surface area contributed by atoms with Gasteiger partial charge >= 0.3 is 0 Å². The molecule has 0 saturated heterocycles. The third-order valence-corrected chi connectivity index (χ3v) is 4.63. The molecular weight excluding hydrogens is 236 g/mol. The van der Waals surface area contributed by atoms with Crippen LogP contribution >= 0.6 is 0 Å². The molecule has 100 valence electrons. The minimum absolute atomic E-state index is 0.124. The first kappa shape index (κ1) is 11.3. The SMILES string of the molecule is O=C(NC(C1CC1)C1CC1)c1ccc2c(c1)CCN2. The maximum atomic E-state index is 12.4. The smallest absolute Gasteiger partial charge is 0.251 e. The van der Waals surface area contributed by atoms with E-state index in [1.165, 1.54) is 36.9 Å². The summed E-state index contributed by atoms with van der Waals surface area (Å²) in [4.78, 5) is 12.4. The lowest BCUT2D eigenvalue weighted by atomic mass is 10.0. The fourth-order valence-corrected chi connectivity index (χ4v) is 3.21. The summed E-state index contributed by atoms with van der Waals surface area (Å²) < 4.78 is 0. The lowest BCUT2D eigenvalue weighted by molar-refractivity contribution is 0.0926. The number of nitrogens with one attached hydrogen (secondary N) is 2. The molecule has 0 aromatic heterocycles. The first-order valence-corrected chi connectivity index (χ1v) is 7.49. The number of fused-ring (bicyclic) bond motifs is 1. The summed E-state index contributed by atoms with van der Waals surface area (Å²) >= 11 is 0. The Labute approximate surface area is 113 Å². The molecular formula is C16H20N2O. The second-order valence-corrected chi connectivity index (χ2v) is 6.22. The van der Waals surface area contributed by atoms with E-state index >= 15 is 0 Å². The van der Waals surface area contributed by atoms with Crippen LogP contribution in [-0.4, -0.2) is 18.5 Å². The lowest BCUT2D eigenvalue weighted by Gasteiger charge is -2.18. The van der Waals surface area contributed by atoms with Crippen LogP contribution in [0.2, 0.25) is 0 Å². The van der Waals surface area contributed by atoms with Gasteiger partial charge in [-0.05, 0) is 67.7 Å². The molecule has 2 saturated carbocycles. The highest BCUT2D eigenvalue weighted by Gasteiger charge is 2.42. The third-order valence-electron chi connectivity index (χ3n) is 4.63. The molecule has 0 unspecified atom stereocenters. The lowest BCUT2D eigenvalue weighted by Crippen LogP contribution is -2.38. The van der Waals surface area contributed by atoms with Crippen molar-refractivity contribution in [2.75, 3.05) is 11.9 Å². The molecule has 4 rings (SSSR count). The minimum atomic E-state index is 0.124. The molecule has 1 aromatic rings. The molecule has 2 fully saturated rings. The van der Waals surface area contributed by atoms with Crippen LogP contribution in [0.4, 0.5) is 5.69 Å². The van der Waals surface area contributed by atoms with E-state index in [4.69, 9.17) is 0 Å². The van der Waals surface area contributed by atoms with Crippen molar-refractivity contribution in [1.29, 1.82) is 0 Å². The number of benzene rings is 1. The Bertz CT molecular complexity index is 505. The van der Waals surface area contributed by atoms with Gasteiger partial charge in [0, 0.05) is 23.8 Å². The van der Waals surface area contributed by atoms with Crippen LogP contribution in [0.5, 0.6) is 0 Å². The maximum Gasteiger partial charge on any atom is 0.251 e. The van der Waals surface area contributed by atoms with Crippen LogP contribution < -0.4 is 10.6 Å². The largest absolute Gasteiger partial charge is 0.384 e. The molecule has 1 amide bonds. The zero-order valence-electron chi connectivity index (χ0n) is 11.1. The topological polar surface area (TPSA) is 41.1 Å². The van der Waals surface area contributed by atoms with Crippen LogP contribution in [-0.2, 0) is 6.42 Å². The highest BCUT2D eigenvalue weighted by atomic mass is 16.1. The molecule has 1 aromatic carbocycles. The minimum Gasteiger partial charge on any atom is -0.384 e. The van der Waals surface area contributed by atoms with Crippen LogP contribution in [0.1, 0.15) is 41.6 Å². The summed E-state index contributed by atoms with van der Waals surface area (Å²) in [6.07, 6.45) is 6.24. The Kier molecular flexibility index (Phi) is 2.54. The number of rotatable bonds is 4. The van der Waals surface area contributed by atoms with Gasteiger partial charge in [-0.15, -0.1) is 0 Å². The van der Waals surface area contributed by atoms with Gasteiger partial charge in [0.1, 0.15) is 0 Å². The van der Waals surface area contributed by atoms with Gasteiger partial charge in [-0.2, -0.15) is 0 Å². The normalized spacial score (nSPS) is 21.1. The summed E-state index contributed by atoms with van der Waals surface area (Å²) in [6.45, 7) is 0.993. The van der Waals surface area contributed by atoms with Gasteiger partial charge < -0.3 is 10.6 Å². The number of carbonyl (C=O) groups is 1. The van der Waals surface area contributed by atoms with Gasteiger partial charge in [-0.25, -0.2) is 0 Å². The molecule has 0 spiro atoms. The van der Waals surface area contributed by atoms with Gasteiger partial charge in [-0.1, -0.05) is 0 Å². The highest BCUT2D eigenvalue weighted by Crippen LogP contribution is 2.44. The highest BCUT2D eigenvalue weighted by molar-refractivity contribution is 5.95. The molecule has 0 atom stereocenters. The summed E-state index contributed by atoms with van der Waals surface area (Å²) in [5, 5.41) is 6.62. The Morgan fingerprint density at radius 3 is 2.63 bits per heavy atom. The molecule has 0 radical (unpaired) electrons. The monoisotopic (exact) mass is 256 g/mol. The van der Waals surface area contributed by atoms with E-state index in [2.05, 4.69) is 16.7 Å². The van der Waals surface area contributed by atoms with Crippen molar-refractivity contribution >= 4 is 11.6 Å². The van der Waals surface area contributed by atoms with Crippen LogP contribution in [0.3, 0.4) is 0 Å². The van der Waals surface area contributed by atoms with Gasteiger partial charge in [0.05, 0.1) is 0 Å². The number of hydrogen-bond acceptors (Lipinski definition) is 2. The Balaban J connectivity index is 1.50. The van der Waals surface area contributed by atoms with Crippen molar-refractivity contribution in [3.63, 3.8) is 0 Å². The van der Waals surface area contributed by atoms with Crippen molar-refractivity contribution in [1.82, 2.24) is 5.32 Å². The Morgan fingerprint density at radius 2 is 1.95 bits per heavy atom. The van der Waals surface area contributed by atoms with Gasteiger partial charge in [0.25, 0.3) is 5.91 Å². The Morgan fingerprint density at radius 1 is 1.21 bits per heavy atom. The molecule has 1 aliphatic heterocycles. The quantitative estimate of drug-likeness (QED) is 0.869. The Hall–Kier alpha value is -1.51. The van der Waals surface area contributed by atoms with Gasteiger partial charge in [0.2, 0.25) is 0 Å². The van der Waals surface area contributed by atoms with E-state index in [1.54, 1.807) is 0 Å². The molecule has 3 aliphatic rings. The fourth-order valence-electron chi connectivity index (χ4n) is 3.21. The summed E-state index contributed by atoms with van der Waals surface area (Å²) in [5.74, 6) is 1.64. The fraction of sp³-hybridized carbons (Fsp3) is 0.562. The number of anilines is 1. The number of amides is 1. The summed E-state index contributed by atoms with van der Waals surface area (Å²) in [7, 11) is 0. The summed E-state index contributed by atoms with van der Waals surface area (Å²) in [5.41, 5.74) is 3.30. The van der Waals surface area contributed by atoms with Crippen LogP contribution in [0.25, 0.3) is 0 Å². The van der Waals surface area contributed by atoms with E-state index in [1.807, 2.05) is 12.1 Å². The van der Waals surface area contributed by atoms with Crippen molar-refractivity contribution < 1.29 is 4.79 Å². The van der Waals surface area contributed by atoms with E-state index < -0.39 is 0 Å². The predicted molar refractivity (Wildman–Crippen MR) is 75.3 cm³/mol. The van der Waals surface area contributed by atoms with Crippen molar-refractivity contribution in [2.24, 2.45) is 11.8 Å². The average molecular weight is 256 g/mol. The molecule has 19 heavy (non-hydrogen) atoms. The summed E-state index contributed by atoms with van der Waals surface area (Å²) in [6, 6.07) is 6.49. The van der Waals surface area contributed by atoms with Crippen LogP contribution in [0, 0.1) is 11.8 Å². The molecule has 0 bridgehead atoms. The molecule has 3 nitrogen and oxygen atoms in total. The average Bonchev–Trinajstić information content (AvgIpc) is 3.33. The number of carbonyl (C=O) groups excluding carboxylic acids is 1. The first-order chi connectivity index (χ1) is 9.31. The van der Waals surface area contributed by atoms with Gasteiger partial charge in [-0.3, -0.25) is 4.79 Å². The van der Waals surface area contributed by atoms with Crippen molar-refractivity contribution in [3.8, 4) is 0 Å². The molecule has 2 N–H and O–H groups in total. The van der Waals surface area contributed by atoms with Gasteiger partial charge in [0.15, 0.2) is 0 Å². The molecule has 3 heteroatoms. The zero-order valence-corrected chi connectivity index (χ0v) is 11.1. The van der Waals surface area contributed by atoms with E-state index in [0.717, 1.165) is 30.4 Å². The second kappa shape index (κ2) is 4.26. The van der Waals surface area contributed by atoms with E-state index in [-0.39, 0.29) is 5.91 Å². The van der Waals surface area contributed by atoms with Crippen LogP contribution in [0.15, 0.2) is 18.2 Å². The van der Waals surface area contributed by atoms with Crippen molar-refractivity contribution in [3.05, 3.63) is 29.3 Å². The standard InChI is InChI=1S/C16H20N2O/c19-16(18-15(10-1-2-10)11-3-4-11)13-5-6-14-12(9-13)7-8-17-14/h5-6,9-11,15,17H,1-4,7-8H2,(H,18,19). The molecule has 2 aliphatic carbocycles. The zero-order chi connectivity index (χ0) is 12.8. The van der Waals surface area contributed by atoms with Crippen molar-refractivity contribution in [2.45, 2.75) is 38.1 Å².